The van der Waals surface area contributed by atoms with Gasteiger partial charge in [-0.2, -0.15) is 0 Å². The summed E-state index contributed by atoms with van der Waals surface area (Å²) in [6.07, 6.45) is 0. The summed E-state index contributed by atoms with van der Waals surface area (Å²) in [4.78, 5) is 37.3. The van der Waals surface area contributed by atoms with E-state index in [9.17, 15) is 14.4 Å². The molecule has 37 heavy (non-hydrogen) atoms. The summed E-state index contributed by atoms with van der Waals surface area (Å²) in [7, 11) is 0. The van der Waals surface area contributed by atoms with Gasteiger partial charge < -0.3 is 5.32 Å². The van der Waals surface area contributed by atoms with Crippen LogP contribution in [0.2, 0.25) is 0 Å². The fourth-order valence-corrected chi connectivity index (χ4v) is 3.68. The summed E-state index contributed by atoms with van der Waals surface area (Å²) >= 11 is 5.12. The molecule has 0 aliphatic heterocycles. The highest BCUT2D eigenvalue weighted by molar-refractivity contribution is 7.80. The number of nitrogens with one attached hydrogen (secondary N) is 4. The monoisotopic (exact) mass is 508 g/mol. The molecule has 184 valence electrons. The van der Waals surface area contributed by atoms with E-state index in [0.717, 1.165) is 16.7 Å². The third kappa shape index (κ3) is 6.87. The third-order valence-electron chi connectivity index (χ3n) is 5.46. The minimum atomic E-state index is -0.458. The zero-order valence-corrected chi connectivity index (χ0v) is 20.8. The Morgan fingerprint density at radius 1 is 0.595 bits per heavy atom. The van der Waals surface area contributed by atoms with Gasteiger partial charge in [-0.1, -0.05) is 60.2 Å². The molecular formula is C29H24N4O3S. The van der Waals surface area contributed by atoms with Crippen LogP contribution in [0.1, 0.15) is 36.6 Å². The number of carbonyl (C=O) groups excluding carboxylic acids is 3. The van der Waals surface area contributed by atoms with Crippen molar-refractivity contribution in [1.29, 1.82) is 0 Å². The number of hydrogen-bond donors (Lipinski definition) is 4. The average Bonchev–Trinajstić information content (AvgIpc) is 2.92. The summed E-state index contributed by atoms with van der Waals surface area (Å²) in [6, 6.07) is 30.6. The van der Waals surface area contributed by atoms with Crippen LogP contribution in [-0.2, 0) is 0 Å². The lowest BCUT2D eigenvalue weighted by Crippen LogP contribution is -2.48. The molecule has 4 N–H and O–H groups in total. The van der Waals surface area contributed by atoms with E-state index in [1.807, 2.05) is 61.5 Å². The summed E-state index contributed by atoms with van der Waals surface area (Å²) < 4.78 is 0. The lowest BCUT2D eigenvalue weighted by molar-refractivity contribution is 0.0934. The topological polar surface area (TPSA) is 99.3 Å². The highest BCUT2D eigenvalue weighted by atomic mass is 32.1. The Hall–Kier alpha value is -4.82. The van der Waals surface area contributed by atoms with E-state index in [1.54, 1.807) is 48.5 Å². The van der Waals surface area contributed by atoms with E-state index < -0.39 is 11.8 Å². The number of aryl methyl sites for hydroxylation is 1. The molecule has 0 aliphatic rings. The maximum atomic E-state index is 12.5. The second kappa shape index (κ2) is 11.7. The van der Waals surface area contributed by atoms with Gasteiger partial charge in [-0.15, -0.1) is 0 Å². The molecule has 0 aliphatic carbocycles. The van der Waals surface area contributed by atoms with Crippen molar-refractivity contribution in [3.8, 4) is 11.1 Å². The predicted molar refractivity (Wildman–Crippen MR) is 148 cm³/mol. The number of thiocarbonyl (C=S) groups is 1. The largest absolute Gasteiger partial charge is 0.322 e. The van der Waals surface area contributed by atoms with Crippen molar-refractivity contribution in [1.82, 2.24) is 16.2 Å². The molecule has 4 rings (SSSR count). The Bertz CT molecular complexity index is 1440. The summed E-state index contributed by atoms with van der Waals surface area (Å²) in [6.45, 7) is 1.92. The van der Waals surface area contributed by atoms with Gasteiger partial charge in [0.1, 0.15) is 0 Å². The molecule has 4 aromatic carbocycles. The van der Waals surface area contributed by atoms with Crippen molar-refractivity contribution < 1.29 is 14.4 Å². The molecule has 0 saturated heterocycles. The van der Waals surface area contributed by atoms with E-state index in [1.165, 1.54) is 0 Å². The van der Waals surface area contributed by atoms with E-state index >= 15 is 0 Å². The second-order valence-corrected chi connectivity index (χ2v) is 8.61. The first-order valence-corrected chi connectivity index (χ1v) is 11.8. The SMILES string of the molecule is Cc1cccc(C(=O)Nc2ccc(C(=O)NNC(=S)NC(=O)c3ccc(-c4ccccc4)cc3)cc2)c1. The lowest BCUT2D eigenvalue weighted by atomic mass is 10.0. The van der Waals surface area contributed by atoms with E-state index in [2.05, 4.69) is 21.5 Å². The highest BCUT2D eigenvalue weighted by Gasteiger charge is 2.11. The molecule has 0 aromatic heterocycles. The number of hydrazine groups is 1. The molecule has 0 fully saturated rings. The normalized spacial score (nSPS) is 10.2. The fourth-order valence-electron chi connectivity index (χ4n) is 3.53. The van der Waals surface area contributed by atoms with Crippen LogP contribution in [0.15, 0.2) is 103 Å². The van der Waals surface area contributed by atoms with Crippen LogP contribution in [0, 0.1) is 6.92 Å². The summed E-state index contributed by atoms with van der Waals surface area (Å²) in [5, 5.41) is 5.28. The van der Waals surface area contributed by atoms with E-state index in [-0.39, 0.29) is 11.0 Å². The summed E-state index contributed by atoms with van der Waals surface area (Å²) in [5.74, 6) is -1.10. The van der Waals surface area contributed by atoms with Crippen LogP contribution in [0.4, 0.5) is 5.69 Å². The first-order chi connectivity index (χ1) is 17.9. The minimum Gasteiger partial charge on any atom is -0.322 e. The highest BCUT2D eigenvalue weighted by Crippen LogP contribution is 2.19. The number of anilines is 1. The zero-order chi connectivity index (χ0) is 26.2. The van der Waals surface area contributed by atoms with Crippen LogP contribution >= 0.6 is 12.2 Å². The Labute approximate surface area is 219 Å². The molecule has 4 aromatic rings. The number of hydrogen-bond acceptors (Lipinski definition) is 4. The molecule has 0 bridgehead atoms. The molecule has 8 heteroatoms. The van der Waals surface area contributed by atoms with Crippen LogP contribution in [-0.4, -0.2) is 22.8 Å². The number of carbonyl (C=O) groups is 3. The van der Waals surface area contributed by atoms with E-state index in [4.69, 9.17) is 12.2 Å². The van der Waals surface area contributed by atoms with Crippen molar-refractivity contribution in [3.05, 3.63) is 125 Å². The van der Waals surface area contributed by atoms with Gasteiger partial charge in [-0.3, -0.25) is 30.6 Å². The standard InChI is InChI=1S/C29H24N4O3S/c1-19-6-5-9-24(18-19)27(35)30-25-16-14-23(15-17-25)28(36)32-33-29(37)31-26(34)22-12-10-21(11-13-22)20-7-3-2-4-8-20/h2-18H,1H3,(H,30,35)(H,32,36)(H2,31,33,34,37). The van der Waals surface area contributed by atoms with Gasteiger partial charge in [0.15, 0.2) is 5.11 Å². The van der Waals surface area contributed by atoms with Crippen molar-refractivity contribution in [3.63, 3.8) is 0 Å². The van der Waals surface area contributed by atoms with Gasteiger partial charge in [0.05, 0.1) is 0 Å². The third-order valence-corrected chi connectivity index (χ3v) is 5.66. The number of rotatable bonds is 5. The summed E-state index contributed by atoms with van der Waals surface area (Å²) in [5.41, 5.74) is 9.87. The molecule has 0 spiro atoms. The first kappa shape index (κ1) is 25.3. The molecule has 0 radical (unpaired) electrons. The predicted octanol–water partition coefficient (Wildman–Crippen LogP) is 4.86. The molecule has 0 unspecified atom stereocenters. The Balaban J connectivity index is 1.26. The molecule has 0 atom stereocenters. The zero-order valence-electron chi connectivity index (χ0n) is 19.9. The molecule has 3 amide bonds. The second-order valence-electron chi connectivity index (χ2n) is 8.21. The Morgan fingerprint density at radius 2 is 1.22 bits per heavy atom. The van der Waals surface area contributed by atoms with Crippen LogP contribution in [0.25, 0.3) is 11.1 Å². The van der Waals surface area contributed by atoms with Crippen LogP contribution < -0.4 is 21.5 Å². The van der Waals surface area contributed by atoms with Crippen LogP contribution in [0.3, 0.4) is 0 Å². The maximum absolute atomic E-state index is 12.5. The lowest BCUT2D eigenvalue weighted by Gasteiger charge is -2.12. The van der Waals surface area contributed by atoms with Crippen molar-refractivity contribution in [2.75, 3.05) is 5.32 Å². The smallest absolute Gasteiger partial charge is 0.269 e. The van der Waals surface area contributed by atoms with Gasteiger partial charge in [-0.25, -0.2) is 0 Å². The molecule has 7 nitrogen and oxygen atoms in total. The van der Waals surface area contributed by atoms with Crippen molar-refractivity contribution in [2.24, 2.45) is 0 Å². The van der Waals surface area contributed by atoms with Gasteiger partial charge >= 0.3 is 0 Å². The van der Waals surface area contributed by atoms with E-state index in [0.29, 0.717) is 22.4 Å². The molecular weight excluding hydrogens is 484 g/mol. The van der Waals surface area contributed by atoms with Gasteiger partial charge in [0.25, 0.3) is 17.7 Å². The Morgan fingerprint density at radius 3 is 1.89 bits per heavy atom. The fraction of sp³-hybridized carbons (Fsp3) is 0.0345. The van der Waals surface area contributed by atoms with Crippen LogP contribution in [0.5, 0.6) is 0 Å². The molecule has 0 saturated carbocycles. The van der Waals surface area contributed by atoms with Gasteiger partial charge in [0.2, 0.25) is 0 Å². The average molecular weight is 509 g/mol. The van der Waals surface area contributed by atoms with Gasteiger partial charge in [-0.05, 0) is 78.8 Å². The van der Waals surface area contributed by atoms with Gasteiger partial charge in [0, 0.05) is 22.4 Å². The quantitative estimate of drug-likeness (QED) is 0.228. The number of amides is 3. The molecule has 0 heterocycles. The number of benzene rings is 4. The van der Waals surface area contributed by atoms with Crippen molar-refractivity contribution in [2.45, 2.75) is 6.92 Å². The minimum absolute atomic E-state index is 0.0486. The maximum Gasteiger partial charge on any atom is 0.269 e. The Kier molecular flexibility index (Phi) is 8.02. The first-order valence-electron chi connectivity index (χ1n) is 11.4. The van der Waals surface area contributed by atoms with Crippen molar-refractivity contribution >= 4 is 40.7 Å².